The number of aromatic nitrogens is 2. The van der Waals surface area contributed by atoms with Gasteiger partial charge in [-0.1, -0.05) is 18.5 Å². The number of hydrogen-bond acceptors (Lipinski definition) is 3. The van der Waals surface area contributed by atoms with Gasteiger partial charge in [0.05, 0.1) is 16.9 Å². The van der Waals surface area contributed by atoms with Gasteiger partial charge < -0.3 is 5.11 Å². The van der Waals surface area contributed by atoms with E-state index in [4.69, 9.17) is 11.6 Å². The molecule has 1 atom stereocenters. The van der Waals surface area contributed by atoms with Crippen LogP contribution in [0.4, 0.5) is 0 Å². The zero-order valence-corrected chi connectivity index (χ0v) is 12.3. The molecule has 0 aliphatic rings. The van der Waals surface area contributed by atoms with Crippen LogP contribution >= 0.6 is 22.9 Å². The number of halogens is 1. The number of rotatable bonds is 4. The zero-order chi connectivity index (χ0) is 13.3. The molecule has 0 aliphatic heterocycles. The Morgan fingerprint density at radius 2 is 2.22 bits per heavy atom. The highest BCUT2D eigenvalue weighted by molar-refractivity contribution is 7.12. The van der Waals surface area contributed by atoms with E-state index in [0.717, 1.165) is 17.8 Å². The summed E-state index contributed by atoms with van der Waals surface area (Å²) >= 11 is 7.76. The second-order valence-corrected chi connectivity index (χ2v) is 6.24. The van der Waals surface area contributed by atoms with Crippen LogP contribution in [-0.4, -0.2) is 14.9 Å². The quantitative estimate of drug-likeness (QED) is 0.932. The van der Waals surface area contributed by atoms with Crippen molar-refractivity contribution in [3.63, 3.8) is 0 Å². The molecule has 2 heterocycles. The first-order valence-electron chi connectivity index (χ1n) is 5.98. The van der Waals surface area contributed by atoms with Crippen LogP contribution in [0.3, 0.4) is 0 Å². The molecule has 2 rings (SSSR count). The largest absolute Gasteiger partial charge is 0.378 e. The molecule has 0 bridgehead atoms. The predicted molar refractivity (Wildman–Crippen MR) is 75.3 cm³/mol. The van der Waals surface area contributed by atoms with E-state index in [2.05, 4.69) is 12.0 Å². The van der Waals surface area contributed by atoms with Crippen molar-refractivity contribution in [3.8, 4) is 0 Å². The van der Waals surface area contributed by atoms with Crippen LogP contribution in [0, 0.1) is 6.92 Å². The number of aliphatic hydroxyl groups is 1. The summed E-state index contributed by atoms with van der Waals surface area (Å²) < 4.78 is 1.79. The highest BCUT2D eigenvalue weighted by Gasteiger charge is 2.33. The molecule has 0 saturated heterocycles. The lowest BCUT2D eigenvalue weighted by Gasteiger charge is -2.23. The first kappa shape index (κ1) is 13.6. The lowest BCUT2D eigenvalue weighted by atomic mass is 10.00. The first-order valence-corrected chi connectivity index (χ1v) is 7.17. The fourth-order valence-electron chi connectivity index (χ4n) is 2.04. The molecule has 0 amide bonds. The summed E-state index contributed by atoms with van der Waals surface area (Å²) in [5.74, 6) is 0. The second kappa shape index (κ2) is 5.03. The van der Waals surface area contributed by atoms with Crippen LogP contribution in [-0.2, 0) is 12.1 Å². The molecule has 0 fully saturated rings. The molecule has 98 valence electrons. The van der Waals surface area contributed by atoms with Gasteiger partial charge in [0.2, 0.25) is 0 Å². The Kier molecular flexibility index (Phi) is 3.80. The van der Waals surface area contributed by atoms with Crippen LogP contribution in [0.25, 0.3) is 0 Å². The Morgan fingerprint density at radius 1 is 1.50 bits per heavy atom. The molecule has 0 aliphatic carbocycles. The summed E-state index contributed by atoms with van der Waals surface area (Å²) in [6, 6.07) is 3.95. The highest BCUT2D eigenvalue weighted by atomic mass is 35.5. The zero-order valence-electron chi connectivity index (χ0n) is 10.8. The molecule has 18 heavy (non-hydrogen) atoms. The van der Waals surface area contributed by atoms with E-state index in [9.17, 15) is 5.11 Å². The maximum Gasteiger partial charge on any atom is 0.139 e. The van der Waals surface area contributed by atoms with E-state index < -0.39 is 5.60 Å². The molecule has 1 N–H and O–H groups in total. The van der Waals surface area contributed by atoms with Crippen LogP contribution < -0.4 is 0 Å². The van der Waals surface area contributed by atoms with E-state index in [1.54, 1.807) is 29.1 Å². The molecule has 1 unspecified atom stereocenters. The van der Waals surface area contributed by atoms with Crippen molar-refractivity contribution < 1.29 is 5.11 Å². The van der Waals surface area contributed by atoms with Crippen molar-refractivity contribution in [2.45, 2.75) is 39.3 Å². The van der Waals surface area contributed by atoms with Crippen molar-refractivity contribution in [2.24, 2.45) is 0 Å². The Bertz CT molecular complexity index is 545. The lowest BCUT2D eigenvalue weighted by molar-refractivity contribution is 0.0954. The van der Waals surface area contributed by atoms with Crippen molar-refractivity contribution in [3.05, 3.63) is 38.8 Å². The van der Waals surface area contributed by atoms with Gasteiger partial charge in [0.1, 0.15) is 5.60 Å². The second-order valence-electron chi connectivity index (χ2n) is 4.55. The highest BCUT2D eigenvalue weighted by Crippen LogP contribution is 2.37. The van der Waals surface area contributed by atoms with E-state index in [1.807, 2.05) is 19.1 Å². The van der Waals surface area contributed by atoms with Gasteiger partial charge in [-0.2, -0.15) is 5.10 Å². The molecule has 0 aromatic carbocycles. The van der Waals surface area contributed by atoms with Gasteiger partial charge in [0, 0.05) is 16.3 Å². The third-order valence-corrected chi connectivity index (χ3v) is 4.40. The summed E-state index contributed by atoms with van der Waals surface area (Å²) in [7, 11) is 0. The molecule has 2 aromatic rings. The Hall–Kier alpha value is -0.840. The van der Waals surface area contributed by atoms with Gasteiger partial charge in [-0.05, 0) is 32.4 Å². The summed E-state index contributed by atoms with van der Waals surface area (Å²) in [4.78, 5) is 2.06. The normalized spacial score (nSPS) is 14.7. The van der Waals surface area contributed by atoms with E-state index >= 15 is 0 Å². The average Bonchev–Trinajstić information content (AvgIpc) is 2.87. The molecule has 3 nitrogen and oxygen atoms in total. The topological polar surface area (TPSA) is 38.0 Å². The summed E-state index contributed by atoms with van der Waals surface area (Å²) in [5, 5.41) is 15.6. The fourth-order valence-corrected chi connectivity index (χ4v) is 3.28. The molecule has 0 radical (unpaired) electrons. The maximum absolute atomic E-state index is 10.8. The molecular formula is C13H17ClN2OS. The molecular weight excluding hydrogens is 268 g/mol. The number of hydrogen-bond donors (Lipinski definition) is 1. The lowest BCUT2D eigenvalue weighted by Crippen LogP contribution is -2.26. The van der Waals surface area contributed by atoms with Crippen molar-refractivity contribution in [2.75, 3.05) is 0 Å². The standard InChI is InChI=1S/C13H17ClN2OS/c1-4-7-16-12(10(14)8-15-16)13(3,17)11-6-5-9(2)18-11/h5-6,8,17H,4,7H2,1-3H3. The first-order chi connectivity index (χ1) is 8.46. The van der Waals surface area contributed by atoms with Crippen LogP contribution in [0.2, 0.25) is 5.02 Å². The molecule has 2 aromatic heterocycles. The average molecular weight is 285 g/mol. The number of thiophene rings is 1. The van der Waals surface area contributed by atoms with Crippen LogP contribution in [0.5, 0.6) is 0 Å². The van der Waals surface area contributed by atoms with E-state index in [1.165, 1.54) is 4.88 Å². The van der Waals surface area contributed by atoms with E-state index in [0.29, 0.717) is 10.7 Å². The predicted octanol–water partition coefficient (Wildman–Crippen LogP) is 3.57. The summed E-state index contributed by atoms with van der Waals surface area (Å²) in [6.07, 6.45) is 2.55. The molecule has 5 heteroatoms. The Morgan fingerprint density at radius 3 is 2.78 bits per heavy atom. The summed E-state index contributed by atoms with van der Waals surface area (Å²) in [5.41, 5.74) is -0.422. The van der Waals surface area contributed by atoms with Gasteiger partial charge in [0.15, 0.2) is 0 Å². The van der Waals surface area contributed by atoms with Gasteiger partial charge in [0.25, 0.3) is 0 Å². The minimum Gasteiger partial charge on any atom is -0.378 e. The van der Waals surface area contributed by atoms with Gasteiger partial charge in [-0.25, -0.2) is 0 Å². The molecule has 0 saturated carbocycles. The molecule has 0 spiro atoms. The maximum atomic E-state index is 10.8. The van der Waals surface area contributed by atoms with Crippen molar-refractivity contribution in [1.29, 1.82) is 0 Å². The third kappa shape index (κ3) is 2.32. The SMILES string of the molecule is CCCn1ncc(Cl)c1C(C)(O)c1ccc(C)s1. The Balaban J connectivity index is 2.49. The fraction of sp³-hybridized carbons (Fsp3) is 0.462. The van der Waals surface area contributed by atoms with Crippen molar-refractivity contribution in [1.82, 2.24) is 9.78 Å². The third-order valence-electron chi connectivity index (χ3n) is 2.91. The van der Waals surface area contributed by atoms with E-state index in [-0.39, 0.29) is 0 Å². The smallest absolute Gasteiger partial charge is 0.139 e. The monoisotopic (exact) mass is 284 g/mol. The minimum absolute atomic E-state index is 0.513. The number of nitrogens with zero attached hydrogens (tertiary/aromatic N) is 2. The van der Waals surface area contributed by atoms with Crippen molar-refractivity contribution >= 4 is 22.9 Å². The van der Waals surface area contributed by atoms with Gasteiger partial charge >= 0.3 is 0 Å². The van der Waals surface area contributed by atoms with Gasteiger partial charge in [-0.3, -0.25) is 4.68 Å². The minimum atomic E-state index is -1.10. The number of aryl methyl sites for hydroxylation is 2. The Labute approximate surface area is 116 Å². The summed E-state index contributed by atoms with van der Waals surface area (Å²) in [6.45, 7) is 6.62. The van der Waals surface area contributed by atoms with Crippen LogP contribution in [0.15, 0.2) is 18.3 Å². The van der Waals surface area contributed by atoms with Gasteiger partial charge in [-0.15, -0.1) is 11.3 Å². The van der Waals surface area contributed by atoms with Crippen LogP contribution in [0.1, 0.15) is 35.7 Å².